The molecule has 156 valence electrons. The number of carboxylic acid groups (broad SMARTS) is 1. The van der Waals surface area contributed by atoms with Crippen molar-refractivity contribution in [2.75, 3.05) is 13.1 Å². The number of rotatable bonds is 20. The second-order valence-electron chi connectivity index (χ2n) is 7.92. The summed E-state index contributed by atoms with van der Waals surface area (Å²) >= 11 is 0. The molecule has 0 aliphatic heterocycles. The van der Waals surface area contributed by atoms with E-state index in [1.807, 2.05) is 0 Å². The van der Waals surface area contributed by atoms with Crippen LogP contribution in [0.5, 0.6) is 0 Å². The van der Waals surface area contributed by atoms with Gasteiger partial charge in [0.05, 0.1) is 0 Å². The van der Waals surface area contributed by atoms with Gasteiger partial charge in [0.15, 0.2) is 0 Å². The molecule has 0 fully saturated rings. The minimum absolute atomic E-state index is 0. The molecule has 27 heavy (non-hydrogen) atoms. The Kier molecular flexibility index (Phi) is 24.9. The van der Waals surface area contributed by atoms with Crippen LogP contribution < -0.4 is 34.7 Å². The van der Waals surface area contributed by atoms with Crippen LogP contribution in [0.25, 0.3) is 0 Å². The molecule has 0 bridgehead atoms. The fraction of sp³-hybridized carbons (Fsp3) is 0.957. The van der Waals surface area contributed by atoms with Gasteiger partial charge in [-0.05, 0) is 32.4 Å². The fourth-order valence-corrected chi connectivity index (χ4v) is 3.74. The van der Waals surface area contributed by atoms with E-state index in [1.165, 1.54) is 89.9 Å². The van der Waals surface area contributed by atoms with Gasteiger partial charge in [-0.3, -0.25) is 0 Å². The summed E-state index contributed by atoms with van der Waals surface area (Å²) in [5, 5.41) is 11.1. The Bertz CT molecular complexity index is 295. The van der Waals surface area contributed by atoms with Crippen LogP contribution in [-0.2, 0) is 4.79 Å². The van der Waals surface area contributed by atoms with Gasteiger partial charge in [0.25, 0.3) is 0 Å². The van der Waals surface area contributed by atoms with Crippen LogP contribution in [-0.4, -0.2) is 30.0 Å². The summed E-state index contributed by atoms with van der Waals surface area (Å²) in [5.41, 5.74) is 0. The van der Waals surface area contributed by atoms with Crippen LogP contribution in [0.2, 0.25) is 0 Å². The van der Waals surface area contributed by atoms with Crippen LogP contribution in [0.3, 0.4) is 0 Å². The minimum atomic E-state index is -0.902. The van der Waals surface area contributed by atoms with E-state index in [0.29, 0.717) is 0 Å². The van der Waals surface area contributed by atoms with Crippen LogP contribution in [0.4, 0.5) is 0 Å². The predicted octanol–water partition coefficient (Wildman–Crippen LogP) is 2.71. The molecule has 3 nitrogen and oxygen atoms in total. The Morgan fingerprint density at radius 2 is 1.07 bits per heavy atom. The Hall–Kier alpha value is 0.430. The number of aliphatic carboxylic acids is 1. The third-order valence-corrected chi connectivity index (χ3v) is 5.49. The van der Waals surface area contributed by atoms with Gasteiger partial charge < -0.3 is 14.8 Å². The van der Waals surface area contributed by atoms with Gasteiger partial charge in [-0.25, -0.2) is 0 Å². The van der Waals surface area contributed by atoms with E-state index < -0.39 is 5.97 Å². The molecule has 0 aromatic rings. The summed E-state index contributed by atoms with van der Waals surface area (Å²) in [7, 11) is 0. The zero-order valence-electron chi connectivity index (χ0n) is 19.1. The third kappa shape index (κ3) is 19.5. The molecule has 0 aromatic heterocycles. The van der Waals surface area contributed by atoms with Crippen molar-refractivity contribution in [2.24, 2.45) is 0 Å². The summed E-state index contributed by atoms with van der Waals surface area (Å²) in [5.74, 6) is -0.902. The molecule has 0 heterocycles. The molecule has 0 rings (SSSR count). The standard InChI is InChI=1S/C23H47NO2.Na/c1-4-7-9-11-13-15-17-19-24(22(6-3)21-23(25)26)20-18-16-14-12-10-8-5-2;/h22H,4-21H2,1-3H3,(H,25,26);/q;+1/p-1. The Balaban J connectivity index is 0. The first-order chi connectivity index (χ1) is 12.7. The first-order valence-corrected chi connectivity index (χ1v) is 11.6. The number of hydrogen-bond donors (Lipinski definition) is 0. The maximum atomic E-state index is 11.1. The third-order valence-electron chi connectivity index (χ3n) is 5.49. The normalized spacial score (nSPS) is 12.1. The maximum absolute atomic E-state index is 11.1. The summed E-state index contributed by atoms with van der Waals surface area (Å²) in [6, 6.07) is 0.153. The number of hydrogen-bond acceptors (Lipinski definition) is 3. The fourth-order valence-electron chi connectivity index (χ4n) is 3.74. The van der Waals surface area contributed by atoms with Crippen molar-refractivity contribution in [2.45, 2.75) is 130 Å². The molecule has 0 aliphatic carbocycles. The van der Waals surface area contributed by atoms with E-state index in [2.05, 4.69) is 25.7 Å². The minimum Gasteiger partial charge on any atom is -0.550 e. The number of unbranched alkanes of at least 4 members (excludes halogenated alkanes) is 12. The van der Waals surface area contributed by atoms with Crippen LogP contribution >= 0.6 is 0 Å². The molecule has 4 heteroatoms. The zero-order chi connectivity index (χ0) is 19.5. The maximum Gasteiger partial charge on any atom is 1.00 e. The van der Waals surface area contributed by atoms with Gasteiger partial charge in [0.2, 0.25) is 0 Å². The topological polar surface area (TPSA) is 43.4 Å². The van der Waals surface area contributed by atoms with E-state index in [1.54, 1.807) is 0 Å². The Morgan fingerprint density at radius 3 is 1.41 bits per heavy atom. The molecule has 0 radical (unpaired) electrons. The summed E-state index contributed by atoms with van der Waals surface area (Å²) < 4.78 is 0. The van der Waals surface area contributed by atoms with E-state index in [9.17, 15) is 9.90 Å². The molecule has 0 aromatic carbocycles. The monoisotopic (exact) mass is 391 g/mol. The number of carboxylic acids is 1. The average Bonchev–Trinajstić information content (AvgIpc) is 2.63. The SMILES string of the molecule is CCCCCCCCCN(CCCCCCCCC)C(CC)CC(=O)[O-].[Na+]. The van der Waals surface area contributed by atoms with E-state index in [4.69, 9.17) is 0 Å². The van der Waals surface area contributed by atoms with Gasteiger partial charge in [0, 0.05) is 18.4 Å². The van der Waals surface area contributed by atoms with Gasteiger partial charge in [0.1, 0.15) is 0 Å². The molecule has 0 saturated carbocycles. The summed E-state index contributed by atoms with van der Waals surface area (Å²) in [6.07, 6.45) is 19.4. The van der Waals surface area contributed by atoms with Crippen molar-refractivity contribution < 1.29 is 39.5 Å². The second-order valence-corrected chi connectivity index (χ2v) is 7.92. The predicted molar refractivity (Wildman–Crippen MR) is 111 cm³/mol. The average molecular weight is 392 g/mol. The van der Waals surface area contributed by atoms with Crippen molar-refractivity contribution in [1.29, 1.82) is 0 Å². The van der Waals surface area contributed by atoms with Crippen LogP contribution in [0, 0.1) is 0 Å². The van der Waals surface area contributed by atoms with Crippen molar-refractivity contribution in [1.82, 2.24) is 4.90 Å². The number of carbonyl (C=O) groups excluding carboxylic acids is 1. The number of nitrogens with zero attached hydrogens (tertiary/aromatic N) is 1. The van der Waals surface area contributed by atoms with Gasteiger partial charge in [-0.2, -0.15) is 0 Å². The second kappa shape index (κ2) is 22.7. The number of carbonyl (C=O) groups is 1. The van der Waals surface area contributed by atoms with Crippen molar-refractivity contribution in [3.8, 4) is 0 Å². The molecule has 0 amide bonds. The van der Waals surface area contributed by atoms with E-state index in [-0.39, 0.29) is 42.0 Å². The Labute approximate surface area is 192 Å². The first kappa shape index (κ1) is 29.6. The van der Waals surface area contributed by atoms with Crippen LogP contribution in [0.15, 0.2) is 0 Å². The van der Waals surface area contributed by atoms with Crippen LogP contribution in [0.1, 0.15) is 124 Å². The first-order valence-electron chi connectivity index (χ1n) is 11.6. The summed E-state index contributed by atoms with van der Waals surface area (Å²) in [6.45, 7) is 8.72. The molecule has 0 saturated heterocycles. The molecule has 1 atom stereocenters. The summed E-state index contributed by atoms with van der Waals surface area (Å²) in [4.78, 5) is 13.5. The van der Waals surface area contributed by atoms with Gasteiger partial charge >= 0.3 is 29.6 Å². The van der Waals surface area contributed by atoms with E-state index in [0.717, 1.165) is 19.5 Å². The van der Waals surface area contributed by atoms with Crippen molar-refractivity contribution in [3.05, 3.63) is 0 Å². The van der Waals surface area contributed by atoms with Crippen molar-refractivity contribution in [3.63, 3.8) is 0 Å². The van der Waals surface area contributed by atoms with E-state index >= 15 is 0 Å². The Morgan fingerprint density at radius 1 is 0.704 bits per heavy atom. The molecular weight excluding hydrogens is 345 g/mol. The molecule has 0 spiro atoms. The quantitative estimate of drug-likeness (QED) is 0.237. The largest absolute Gasteiger partial charge is 1.00 e. The molecule has 0 N–H and O–H groups in total. The van der Waals surface area contributed by atoms with Gasteiger partial charge in [-0.1, -0.05) is 97.8 Å². The van der Waals surface area contributed by atoms with Crippen molar-refractivity contribution >= 4 is 5.97 Å². The molecule has 1 unspecified atom stereocenters. The van der Waals surface area contributed by atoms with Gasteiger partial charge in [-0.15, -0.1) is 0 Å². The molecule has 0 aliphatic rings. The zero-order valence-corrected chi connectivity index (χ0v) is 21.1. The molecular formula is C23H46NNaO2. The smallest absolute Gasteiger partial charge is 0.550 e.